The quantitative estimate of drug-likeness (QED) is 0.571. The van der Waals surface area contributed by atoms with Gasteiger partial charge in [-0.2, -0.15) is 0 Å². The molecule has 0 spiro atoms. The number of benzene rings is 1. The van der Waals surface area contributed by atoms with Crippen LogP contribution < -0.4 is 0 Å². The van der Waals surface area contributed by atoms with Crippen molar-refractivity contribution in [3.8, 4) is 0 Å². The maximum Gasteiger partial charge on any atom is 0.127 e. The zero-order valence-electron chi connectivity index (χ0n) is 7.40. The fourth-order valence-corrected chi connectivity index (χ4v) is 1.37. The molecule has 1 rings (SSSR count). The lowest BCUT2D eigenvalue weighted by Gasteiger charge is -2.07. The van der Waals surface area contributed by atoms with Crippen molar-refractivity contribution in [2.24, 2.45) is 0 Å². The Kier molecular flexibility index (Phi) is 3.51. The molecule has 0 bridgehead atoms. The van der Waals surface area contributed by atoms with Gasteiger partial charge in [-0.15, -0.1) is 12.6 Å². The lowest BCUT2D eigenvalue weighted by atomic mass is 10.0. The first-order valence-corrected chi connectivity index (χ1v) is 4.51. The second kappa shape index (κ2) is 4.44. The first-order valence-electron chi connectivity index (χ1n) is 4.07. The number of carbonyl (C=O) groups is 1. The predicted octanol–water partition coefficient (Wildman–Crippen LogP) is 1.77. The Labute approximate surface area is 83.0 Å². The summed E-state index contributed by atoms with van der Waals surface area (Å²) in [6.45, 7) is 1.81. The van der Waals surface area contributed by atoms with Gasteiger partial charge in [-0.25, -0.2) is 0 Å². The zero-order valence-corrected chi connectivity index (χ0v) is 8.29. The minimum atomic E-state index is -0.112. The van der Waals surface area contributed by atoms with E-state index in [0.29, 0.717) is 0 Å². The number of aliphatic hydroxyl groups excluding tert-OH is 1. The third-order valence-electron chi connectivity index (χ3n) is 2.01. The SMILES string of the molecule is CC(C=O)c1ccc(CO)c(S)c1. The van der Waals surface area contributed by atoms with Gasteiger partial charge in [0.25, 0.3) is 0 Å². The molecule has 2 nitrogen and oxygen atoms in total. The molecular formula is C10H12O2S. The summed E-state index contributed by atoms with van der Waals surface area (Å²) in [4.78, 5) is 11.2. The molecule has 0 aromatic heterocycles. The fourth-order valence-electron chi connectivity index (χ4n) is 1.08. The van der Waals surface area contributed by atoms with Gasteiger partial charge in [0.05, 0.1) is 6.61 Å². The highest BCUT2D eigenvalue weighted by atomic mass is 32.1. The largest absolute Gasteiger partial charge is 0.392 e. The monoisotopic (exact) mass is 196 g/mol. The van der Waals surface area contributed by atoms with Crippen molar-refractivity contribution < 1.29 is 9.90 Å². The second-order valence-corrected chi connectivity index (χ2v) is 3.45. The van der Waals surface area contributed by atoms with Crippen LogP contribution in [-0.4, -0.2) is 11.4 Å². The van der Waals surface area contributed by atoms with Gasteiger partial charge in [0.2, 0.25) is 0 Å². The fraction of sp³-hybridized carbons (Fsp3) is 0.300. The van der Waals surface area contributed by atoms with Gasteiger partial charge in [0.15, 0.2) is 0 Å². The number of aliphatic hydroxyl groups is 1. The molecule has 1 N–H and O–H groups in total. The van der Waals surface area contributed by atoms with Crippen LogP contribution in [0.15, 0.2) is 23.1 Å². The standard InChI is InChI=1S/C10H12O2S/c1-7(5-11)8-2-3-9(6-12)10(13)4-8/h2-5,7,12-13H,6H2,1H3. The van der Waals surface area contributed by atoms with Crippen molar-refractivity contribution >= 4 is 18.9 Å². The highest BCUT2D eigenvalue weighted by molar-refractivity contribution is 7.80. The van der Waals surface area contributed by atoms with E-state index in [9.17, 15) is 4.79 Å². The third kappa shape index (κ3) is 2.32. The van der Waals surface area contributed by atoms with E-state index in [1.54, 1.807) is 6.07 Å². The van der Waals surface area contributed by atoms with Gasteiger partial charge >= 0.3 is 0 Å². The average Bonchev–Trinajstić information content (AvgIpc) is 2.16. The molecule has 0 saturated carbocycles. The van der Waals surface area contributed by atoms with Crippen LogP contribution in [0.1, 0.15) is 24.0 Å². The van der Waals surface area contributed by atoms with Crippen LogP contribution in [0.2, 0.25) is 0 Å². The van der Waals surface area contributed by atoms with E-state index >= 15 is 0 Å². The van der Waals surface area contributed by atoms with Crippen LogP contribution >= 0.6 is 12.6 Å². The summed E-state index contributed by atoms with van der Waals surface area (Å²) in [5.74, 6) is -0.112. The van der Waals surface area contributed by atoms with Crippen molar-refractivity contribution in [3.63, 3.8) is 0 Å². The summed E-state index contributed by atoms with van der Waals surface area (Å²) >= 11 is 4.21. The number of hydrogen-bond acceptors (Lipinski definition) is 3. The Morgan fingerprint density at radius 2 is 2.31 bits per heavy atom. The van der Waals surface area contributed by atoms with E-state index < -0.39 is 0 Å². The van der Waals surface area contributed by atoms with E-state index in [-0.39, 0.29) is 12.5 Å². The summed E-state index contributed by atoms with van der Waals surface area (Å²) < 4.78 is 0. The second-order valence-electron chi connectivity index (χ2n) is 2.97. The molecule has 0 aliphatic rings. The Bertz CT molecular complexity index is 310. The highest BCUT2D eigenvalue weighted by Crippen LogP contribution is 2.20. The third-order valence-corrected chi connectivity index (χ3v) is 2.43. The topological polar surface area (TPSA) is 37.3 Å². The molecule has 0 radical (unpaired) electrons. The van der Waals surface area contributed by atoms with Crippen molar-refractivity contribution in [2.75, 3.05) is 0 Å². The molecule has 3 heteroatoms. The number of hydrogen-bond donors (Lipinski definition) is 2. The molecule has 1 aromatic rings. The van der Waals surface area contributed by atoms with Gasteiger partial charge in [-0.05, 0) is 17.2 Å². The lowest BCUT2D eigenvalue weighted by Crippen LogP contribution is -1.96. The van der Waals surface area contributed by atoms with E-state index in [4.69, 9.17) is 5.11 Å². The molecule has 70 valence electrons. The molecule has 1 atom stereocenters. The highest BCUT2D eigenvalue weighted by Gasteiger charge is 2.05. The van der Waals surface area contributed by atoms with Crippen LogP contribution in [0.25, 0.3) is 0 Å². The first kappa shape index (κ1) is 10.3. The van der Waals surface area contributed by atoms with E-state index in [1.165, 1.54) is 0 Å². The number of carbonyl (C=O) groups excluding carboxylic acids is 1. The molecule has 0 saturated heterocycles. The molecule has 0 amide bonds. The molecular weight excluding hydrogens is 184 g/mol. The van der Waals surface area contributed by atoms with Crippen LogP contribution in [0, 0.1) is 0 Å². The number of rotatable bonds is 3. The summed E-state index contributed by atoms with van der Waals surface area (Å²) in [6, 6.07) is 5.44. The minimum absolute atomic E-state index is 0.0193. The summed E-state index contributed by atoms with van der Waals surface area (Å²) in [7, 11) is 0. The van der Waals surface area contributed by atoms with Gasteiger partial charge in [0, 0.05) is 10.8 Å². The Morgan fingerprint density at radius 3 is 2.77 bits per heavy atom. The van der Waals surface area contributed by atoms with E-state index in [0.717, 1.165) is 22.3 Å². The summed E-state index contributed by atoms with van der Waals surface area (Å²) in [6.07, 6.45) is 0.890. The van der Waals surface area contributed by atoms with Crippen molar-refractivity contribution in [1.29, 1.82) is 0 Å². The molecule has 13 heavy (non-hydrogen) atoms. The lowest BCUT2D eigenvalue weighted by molar-refractivity contribution is -0.108. The maximum atomic E-state index is 10.5. The molecule has 0 aliphatic carbocycles. The molecule has 0 heterocycles. The van der Waals surface area contributed by atoms with Crippen molar-refractivity contribution in [2.45, 2.75) is 24.3 Å². The molecule has 1 unspecified atom stereocenters. The Morgan fingerprint density at radius 1 is 1.62 bits per heavy atom. The van der Waals surface area contributed by atoms with E-state index in [2.05, 4.69) is 12.6 Å². The van der Waals surface area contributed by atoms with Crippen LogP contribution in [0.4, 0.5) is 0 Å². The van der Waals surface area contributed by atoms with Crippen LogP contribution in [0.3, 0.4) is 0 Å². The summed E-state index contributed by atoms with van der Waals surface area (Å²) in [5.41, 5.74) is 1.71. The molecule has 0 aliphatic heterocycles. The zero-order chi connectivity index (χ0) is 9.84. The molecule has 0 fully saturated rings. The first-order chi connectivity index (χ1) is 6.19. The van der Waals surface area contributed by atoms with Gasteiger partial charge in [-0.1, -0.05) is 19.1 Å². The predicted molar refractivity (Wildman–Crippen MR) is 54.1 cm³/mol. The average molecular weight is 196 g/mol. The van der Waals surface area contributed by atoms with Crippen molar-refractivity contribution in [1.82, 2.24) is 0 Å². The normalized spacial score (nSPS) is 12.5. The summed E-state index contributed by atoms with van der Waals surface area (Å²) in [5, 5.41) is 8.89. The minimum Gasteiger partial charge on any atom is -0.392 e. The maximum absolute atomic E-state index is 10.5. The van der Waals surface area contributed by atoms with Crippen molar-refractivity contribution in [3.05, 3.63) is 29.3 Å². The van der Waals surface area contributed by atoms with Crippen LogP contribution in [-0.2, 0) is 11.4 Å². The smallest absolute Gasteiger partial charge is 0.127 e. The Balaban J connectivity index is 3.02. The van der Waals surface area contributed by atoms with Crippen LogP contribution in [0.5, 0.6) is 0 Å². The van der Waals surface area contributed by atoms with Gasteiger partial charge < -0.3 is 9.90 Å². The Hall–Kier alpha value is -0.800. The van der Waals surface area contributed by atoms with Gasteiger partial charge in [-0.3, -0.25) is 0 Å². The number of thiol groups is 1. The number of aldehydes is 1. The van der Waals surface area contributed by atoms with Gasteiger partial charge in [0.1, 0.15) is 6.29 Å². The van der Waals surface area contributed by atoms with E-state index in [1.807, 2.05) is 19.1 Å². The molecule has 1 aromatic carbocycles.